The molecule has 2 rings (SSSR count). The van der Waals surface area contributed by atoms with Crippen LogP contribution in [0.3, 0.4) is 0 Å². The molecule has 0 unspecified atom stereocenters. The van der Waals surface area contributed by atoms with Crippen molar-refractivity contribution < 1.29 is 8.78 Å². The lowest BCUT2D eigenvalue weighted by Gasteiger charge is -2.02. The summed E-state index contributed by atoms with van der Waals surface area (Å²) < 4.78 is 26.0. The van der Waals surface area contributed by atoms with Gasteiger partial charge in [0.1, 0.15) is 0 Å². The molecule has 0 aliphatic rings. The first kappa shape index (κ1) is 11.4. The summed E-state index contributed by atoms with van der Waals surface area (Å²) in [5.41, 5.74) is 5.60. The molecule has 0 fully saturated rings. The van der Waals surface area contributed by atoms with E-state index in [-0.39, 0.29) is 11.1 Å². The summed E-state index contributed by atoms with van der Waals surface area (Å²) in [5, 5.41) is 0.592. The quantitative estimate of drug-likeness (QED) is 0.725. The first-order valence-corrected chi connectivity index (χ1v) is 4.67. The molecule has 1 aromatic carbocycles. The molecule has 0 radical (unpaired) electrons. The Balaban J connectivity index is 0.000000531. The molecule has 0 spiro atoms. The van der Waals surface area contributed by atoms with E-state index in [0.717, 1.165) is 6.07 Å². The smallest absolute Gasteiger partial charge is 0.168 e. The van der Waals surface area contributed by atoms with E-state index >= 15 is 0 Å². The summed E-state index contributed by atoms with van der Waals surface area (Å²) in [4.78, 5) is 3.77. The lowest BCUT2D eigenvalue weighted by atomic mass is 10.1. The van der Waals surface area contributed by atoms with Gasteiger partial charge in [0.05, 0.1) is 11.9 Å². The van der Waals surface area contributed by atoms with Crippen LogP contribution < -0.4 is 5.73 Å². The van der Waals surface area contributed by atoms with E-state index in [1.54, 1.807) is 0 Å². The lowest BCUT2D eigenvalue weighted by Crippen LogP contribution is -1.93. The van der Waals surface area contributed by atoms with E-state index in [1.165, 1.54) is 18.5 Å². The molecule has 0 atom stereocenters. The molecule has 1 aromatic heterocycles. The van der Waals surface area contributed by atoms with E-state index in [2.05, 4.69) is 4.98 Å². The Kier molecular flexibility index (Phi) is 3.55. The van der Waals surface area contributed by atoms with Crippen LogP contribution in [0.25, 0.3) is 10.8 Å². The van der Waals surface area contributed by atoms with E-state index in [0.29, 0.717) is 5.39 Å². The monoisotopic (exact) mass is 210 g/mol. The van der Waals surface area contributed by atoms with Gasteiger partial charge >= 0.3 is 0 Å². The Morgan fingerprint density at radius 2 is 1.80 bits per heavy atom. The van der Waals surface area contributed by atoms with Crippen molar-refractivity contribution in [2.75, 3.05) is 5.73 Å². The molecule has 0 saturated carbocycles. The Morgan fingerprint density at radius 3 is 2.47 bits per heavy atom. The fourth-order valence-electron chi connectivity index (χ4n) is 1.23. The second kappa shape index (κ2) is 4.68. The molecular weight excluding hydrogens is 198 g/mol. The molecule has 0 aliphatic carbocycles. The number of pyridine rings is 1. The van der Waals surface area contributed by atoms with E-state index < -0.39 is 11.6 Å². The van der Waals surface area contributed by atoms with Crippen LogP contribution in [0.5, 0.6) is 0 Å². The van der Waals surface area contributed by atoms with Gasteiger partial charge in [-0.25, -0.2) is 8.78 Å². The van der Waals surface area contributed by atoms with Gasteiger partial charge < -0.3 is 5.73 Å². The Hall–Kier alpha value is -1.71. The highest BCUT2D eigenvalue weighted by Gasteiger charge is 2.09. The highest BCUT2D eigenvalue weighted by Crippen LogP contribution is 2.24. The summed E-state index contributed by atoms with van der Waals surface area (Å²) >= 11 is 0. The van der Waals surface area contributed by atoms with Crippen LogP contribution in [-0.4, -0.2) is 4.98 Å². The van der Waals surface area contributed by atoms with E-state index in [9.17, 15) is 8.78 Å². The van der Waals surface area contributed by atoms with Crippen molar-refractivity contribution in [3.63, 3.8) is 0 Å². The van der Waals surface area contributed by atoms with Gasteiger partial charge in [-0.3, -0.25) is 4.98 Å². The van der Waals surface area contributed by atoms with Crippen LogP contribution in [0.15, 0.2) is 24.5 Å². The van der Waals surface area contributed by atoms with Gasteiger partial charge in [-0.15, -0.1) is 0 Å². The maximum Gasteiger partial charge on any atom is 0.168 e. The van der Waals surface area contributed by atoms with E-state index in [1.807, 2.05) is 13.8 Å². The SMILES string of the molecule is CC.Nc1cncc2ccc(F)c(F)c12. The Morgan fingerprint density at radius 1 is 1.13 bits per heavy atom. The summed E-state index contributed by atoms with van der Waals surface area (Å²) in [6.45, 7) is 4.00. The van der Waals surface area contributed by atoms with Gasteiger partial charge in [0, 0.05) is 17.0 Å². The summed E-state index contributed by atoms with van der Waals surface area (Å²) in [6.07, 6.45) is 2.74. The molecule has 0 bridgehead atoms. The highest BCUT2D eigenvalue weighted by atomic mass is 19.2. The minimum Gasteiger partial charge on any atom is -0.397 e. The van der Waals surface area contributed by atoms with Crippen molar-refractivity contribution in [3.05, 3.63) is 36.2 Å². The topological polar surface area (TPSA) is 38.9 Å². The van der Waals surface area contributed by atoms with Gasteiger partial charge in [0.15, 0.2) is 11.6 Å². The number of hydrogen-bond acceptors (Lipinski definition) is 2. The number of nitrogen functional groups attached to an aromatic ring is 1. The number of hydrogen-bond donors (Lipinski definition) is 1. The molecule has 2 nitrogen and oxygen atoms in total. The number of benzene rings is 1. The molecule has 4 heteroatoms. The van der Waals surface area contributed by atoms with Crippen molar-refractivity contribution in [1.82, 2.24) is 4.98 Å². The zero-order chi connectivity index (χ0) is 11.4. The van der Waals surface area contributed by atoms with Gasteiger partial charge in [-0.1, -0.05) is 13.8 Å². The van der Waals surface area contributed by atoms with Crippen LogP contribution >= 0.6 is 0 Å². The van der Waals surface area contributed by atoms with Crippen LogP contribution in [0, 0.1) is 11.6 Å². The van der Waals surface area contributed by atoms with Gasteiger partial charge in [-0.2, -0.15) is 0 Å². The number of nitrogens with two attached hydrogens (primary N) is 1. The Bertz CT molecular complexity index is 469. The highest BCUT2D eigenvalue weighted by molar-refractivity contribution is 5.92. The largest absolute Gasteiger partial charge is 0.397 e. The Labute approximate surface area is 86.7 Å². The van der Waals surface area contributed by atoms with Crippen LogP contribution in [-0.2, 0) is 0 Å². The average molecular weight is 210 g/mol. The fourth-order valence-corrected chi connectivity index (χ4v) is 1.23. The van der Waals surface area contributed by atoms with Crippen molar-refractivity contribution in [2.24, 2.45) is 0 Å². The normalized spacial score (nSPS) is 9.60. The van der Waals surface area contributed by atoms with Gasteiger partial charge in [0.2, 0.25) is 0 Å². The maximum absolute atomic E-state index is 13.2. The first-order chi connectivity index (χ1) is 7.20. The summed E-state index contributed by atoms with van der Waals surface area (Å²) in [5.74, 6) is -1.82. The van der Waals surface area contributed by atoms with Gasteiger partial charge in [0.25, 0.3) is 0 Å². The average Bonchev–Trinajstić information content (AvgIpc) is 2.26. The zero-order valence-electron chi connectivity index (χ0n) is 8.59. The summed E-state index contributed by atoms with van der Waals surface area (Å²) in [6, 6.07) is 2.50. The predicted octanol–water partition coefficient (Wildman–Crippen LogP) is 3.12. The van der Waals surface area contributed by atoms with Crippen molar-refractivity contribution in [3.8, 4) is 0 Å². The number of rotatable bonds is 0. The minimum absolute atomic E-state index is 0.0926. The zero-order valence-corrected chi connectivity index (χ0v) is 8.59. The third-order valence-electron chi connectivity index (χ3n) is 1.84. The third-order valence-corrected chi connectivity index (χ3v) is 1.84. The molecule has 2 N–H and O–H groups in total. The molecule has 2 aromatic rings. The van der Waals surface area contributed by atoms with Crippen LogP contribution in [0.2, 0.25) is 0 Å². The first-order valence-electron chi connectivity index (χ1n) is 4.67. The van der Waals surface area contributed by atoms with Crippen LogP contribution in [0.1, 0.15) is 13.8 Å². The molecular formula is C11H12F2N2. The standard InChI is InChI=1S/C9H6F2N2.C2H6/c10-6-2-1-5-3-13-4-7(12)8(5)9(6)11;1-2/h1-4H,12H2;1-2H3. The molecule has 0 aliphatic heterocycles. The molecule has 0 saturated heterocycles. The minimum atomic E-state index is -0.919. The number of nitrogens with zero attached hydrogens (tertiary/aromatic N) is 1. The molecule has 0 amide bonds. The van der Waals surface area contributed by atoms with Crippen molar-refractivity contribution >= 4 is 16.5 Å². The van der Waals surface area contributed by atoms with Gasteiger partial charge in [-0.05, 0) is 12.1 Å². The lowest BCUT2D eigenvalue weighted by molar-refractivity contribution is 0.517. The number of aromatic nitrogens is 1. The maximum atomic E-state index is 13.2. The fraction of sp³-hybridized carbons (Fsp3) is 0.182. The third kappa shape index (κ3) is 2.03. The predicted molar refractivity (Wildman–Crippen MR) is 57.4 cm³/mol. The second-order valence-corrected chi connectivity index (χ2v) is 2.69. The second-order valence-electron chi connectivity index (χ2n) is 2.69. The number of fused-ring (bicyclic) bond motifs is 1. The number of anilines is 1. The van der Waals surface area contributed by atoms with E-state index in [4.69, 9.17) is 5.73 Å². The molecule has 80 valence electrons. The molecule has 1 heterocycles. The number of halogens is 2. The summed E-state index contributed by atoms with van der Waals surface area (Å²) in [7, 11) is 0. The van der Waals surface area contributed by atoms with Crippen LogP contribution in [0.4, 0.5) is 14.5 Å². The molecule has 15 heavy (non-hydrogen) atoms. The van der Waals surface area contributed by atoms with Crippen molar-refractivity contribution in [2.45, 2.75) is 13.8 Å². The van der Waals surface area contributed by atoms with Crippen molar-refractivity contribution in [1.29, 1.82) is 0 Å².